The summed E-state index contributed by atoms with van der Waals surface area (Å²) < 4.78 is 5.65. The maximum absolute atomic E-state index is 9.33. The highest BCUT2D eigenvalue weighted by molar-refractivity contribution is 5.53. The quantitative estimate of drug-likeness (QED) is 0.868. The van der Waals surface area contributed by atoms with Gasteiger partial charge in [0.25, 0.3) is 0 Å². The van der Waals surface area contributed by atoms with Gasteiger partial charge in [-0.25, -0.2) is 0 Å². The normalized spacial score (nSPS) is 17.4. The lowest BCUT2D eigenvalue weighted by molar-refractivity contribution is 0.0459. The molecule has 1 aromatic carbocycles. The zero-order valence-corrected chi connectivity index (χ0v) is 10.4. The molecule has 3 nitrogen and oxygen atoms in total. The number of hydrogen-bond donors (Lipinski definition) is 1. The van der Waals surface area contributed by atoms with Crippen LogP contribution in [0.5, 0.6) is 0 Å². The minimum absolute atomic E-state index is 0.113. The van der Waals surface area contributed by atoms with Crippen molar-refractivity contribution < 1.29 is 9.84 Å². The Hall–Kier alpha value is -1.06. The predicted molar refractivity (Wildman–Crippen MR) is 69.2 cm³/mol. The maximum atomic E-state index is 9.33. The Bertz CT molecular complexity index is 346. The molecule has 0 bridgehead atoms. The average molecular weight is 235 g/mol. The standard InChI is InChI=1S/C14H21NO2/c1-2-17-13-7-9-15(10-8-13)14-6-4-3-5-12(14)11-16/h3-6,13,16H,2,7-11H2,1H3. The third-order valence-electron chi connectivity index (χ3n) is 3.35. The van der Waals surface area contributed by atoms with Crippen LogP contribution in [0.25, 0.3) is 0 Å². The van der Waals surface area contributed by atoms with Crippen molar-refractivity contribution in [1.29, 1.82) is 0 Å². The Morgan fingerprint density at radius 3 is 2.65 bits per heavy atom. The minimum Gasteiger partial charge on any atom is -0.392 e. The second-order valence-corrected chi connectivity index (χ2v) is 4.43. The summed E-state index contributed by atoms with van der Waals surface area (Å²) in [7, 11) is 0. The van der Waals surface area contributed by atoms with Gasteiger partial charge in [0, 0.05) is 30.9 Å². The molecular weight excluding hydrogens is 214 g/mol. The largest absolute Gasteiger partial charge is 0.392 e. The topological polar surface area (TPSA) is 32.7 Å². The van der Waals surface area contributed by atoms with E-state index < -0.39 is 0 Å². The van der Waals surface area contributed by atoms with Gasteiger partial charge in [-0.3, -0.25) is 0 Å². The zero-order chi connectivity index (χ0) is 12.1. The third kappa shape index (κ3) is 2.99. The molecule has 17 heavy (non-hydrogen) atoms. The van der Waals surface area contributed by atoms with Crippen LogP contribution in [0.4, 0.5) is 5.69 Å². The molecule has 0 aliphatic carbocycles. The number of anilines is 1. The van der Waals surface area contributed by atoms with Gasteiger partial charge in [0.2, 0.25) is 0 Å². The van der Waals surface area contributed by atoms with Gasteiger partial charge in [0.05, 0.1) is 12.7 Å². The Morgan fingerprint density at radius 2 is 2.00 bits per heavy atom. The summed E-state index contributed by atoms with van der Waals surface area (Å²) in [5, 5.41) is 9.33. The Balaban J connectivity index is 2.00. The summed E-state index contributed by atoms with van der Waals surface area (Å²) in [4.78, 5) is 2.35. The number of rotatable bonds is 4. The molecule has 0 unspecified atom stereocenters. The number of aliphatic hydroxyl groups is 1. The van der Waals surface area contributed by atoms with Crippen molar-refractivity contribution in [1.82, 2.24) is 0 Å². The SMILES string of the molecule is CCOC1CCN(c2ccccc2CO)CC1. The van der Waals surface area contributed by atoms with Crippen molar-refractivity contribution in [2.75, 3.05) is 24.6 Å². The van der Waals surface area contributed by atoms with Gasteiger partial charge < -0.3 is 14.7 Å². The van der Waals surface area contributed by atoms with Gasteiger partial charge in [-0.05, 0) is 25.8 Å². The van der Waals surface area contributed by atoms with Crippen LogP contribution in [0.2, 0.25) is 0 Å². The van der Waals surface area contributed by atoms with E-state index in [1.54, 1.807) is 0 Å². The number of hydrogen-bond acceptors (Lipinski definition) is 3. The van der Waals surface area contributed by atoms with Crippen LogP contribution in [0.3, 0.4) is 0 Å². The number of para-hydroxylation sites is 1. The van der Waals surface area contributed by atoms with E-state index in [1.807, 2.05) is 25.1 Å². The lowest BCUT2D eigenvalue weighted by Gasteiger charge is -2.34. The highest BCUT2D eigenvalue weighted by Gasteiger charge is 2.20. The van der Waals surface area contributed by atoms with E-state index in [0.717, 1.165) is 38.1 Å². The molecule has 1 saturated heterocycles. The highest BCUT2D eigenvalue weighted by atomic mass is 16.5. The monoisotopic (exact) mass is 235 g/mol. The fraction of sp³-hybridized carbons (Fsp3) is 0.571. The summed E-state index contributed by atoms with van der Waals surface area (Å²) in [6, 6.07) is 8.08. The van der Waals surface area contributed by atoms with Crippen molar-refractivity contribution in [2.24, 2.45) is 0 Å². The van der Waals surface area contributed by atoms with E-state index in [0.29, 0.717) is 6.10 Å². The number of aliphatic hydroxyl groups excluding tert-OH is 1. The van der Waals surface area contributed by atoms with Gasteiger partial charge >= 0.3 is 0 Å². The zero-order valence-electron chi connectivity index (χ0n) is 10.4. The van der Waals surface area contributed by atoms with Gasteiger partial charge in [-0.15, -0.1) is 0 Å². The average Bonchev–Trinajstić information content (AvgIpc) is 2.40. The number of nitrogens with zero attached hydrogens (tertiary/aromatic N) is 1. The maximum Gasteiger partial charge on any atom is 0.0702 e. The van der Waals surface area contributed by atoms with Gasteiger partial charge in [-0.1, -0.05) is 18.2 Å². The molecule has 1 N–H and O–H groups in total. The molecule has 94 valence electrons. The van der Waals surface area contributed by atoms with Crippen LogP contribution in [0, 0.1) is 0 Å². The molecule has 1 aromatic rings. The van der Waals surface area contributed by atoms with E-state index in [2.05, 4.69) is 11.0 Å². The van der Waals surface area contributed by atoms with Crippen molar-refractivity contribution in [3.05, 3.63) is 29.8 Å². The van der Waals surface area contributed by atoms with E-state index in [9.17, 15) is 5.11 Å². The Labute approximate surface area is 103 Å². The van der Waals surface area contributed by atoms with E-state index in [4.69, 9.17) is 4.74 Å². The number of benzene rings is 1. The molecule has 0 radical (unpaired) electrons. The molecule has 1 heterocycles. The van der Waals surface area contributed by atoms with Crippen LogP contribution in [-0.2, 0) is 11.3 Å². The predicted octanol–water partition coefficient (Wildman–Crippen LogP) is 2.18. The molecule has 0 saturated carbocycles. The Kier molecular flexibility index (Phi) is 4.40. The Morgan fingerprint density at radius 1 is 1.29 bits per heavy atom. The van der Waals surface area contributed by atoms with Crippen LogP contribution < -0.4 is 4.90 Å². The second-order valence-electron chi connectivity index (χ2n) is 4.43. The van der Waals surface area contributed by atoms with E-state index >= 15 is 0 Å². The summed E-state index contributed by atoms with van der Waals surface area (Å²) in [6.07, 6.45) is 2.57. The van der Waals surface area contributed by atoms with Crippen molar-refractivity contribution in [2.45, 2.75) is 32.5 Å². The highest BCUT2D eigenvalue weighted by Crippen LogP contribution is 2.25. The smallest absolute Gasteiger partial charge is 0.0702 e. The molecule has 3 heteroatoms. The van der Waals surface area contributed by atoms with Gasteiger partial charge in [-0.2, -0.15) is 0 Å². The summed E-state index contributed by atoms with van der Waals surface area (Å²) in [5.41, 5.74) is 2.19. The van der Waals surface area contributed by atoms with Gasteiger partial charge in [0.15, 0.2) is 0 Å². The molecule has 0 aromatic heterocycles. The minimum atomic E-state index is 0.113. The number of piperidine rings is 1. The van der Waals surface area contributed by atoms with Crippen LogP contribution >= 0.6 is 0 Å². The molecule has 0 atom stereocenters. The van der Waals surface area contributed by atoms with Crippen molar-refractivity contribution in [3.8, 4) is 0 Å². The summed E-state index contributed by atoms with van der Waals surface area (Å²) in [5.74, 6) is 0. The molecular formula is C14H21NO2. The summed E-state index contributed by atoms with van der Waals surface area (Å²) in [6.45, 7) is 5.00. The molecule has 1 fully saturated rings. The van der Waals surface area contributed by atoms with Crippen LogP contribution in [-0.4, -0.2) is 30.9 Å². The van der Waals surface area contributed by atoms with Crippen molar-refractivity contribution >= 4 is 5.69 Å². The first-order valence-corrected chi connectivity index (χ1v) is 6.40. The first-order valence-electron chi connectivity index (χ1n) is 6.40. The molecule has 0 spiro atoms. The first kappa shape index (κ1) is 12.4. The molecule has 2 rings (SSSR count). The van der Waals surface area contributed by atoms with Crippen LogP contribution in [0.15, 0.2) is 24.3 Å². The van der Waals surface area contributed by atoms with Gasteiger partial charge in [0.1, 0.15) is 0 Å². The van der Waals surface area contributed by atoms with E-state index in [1.165, 1.54) is 5.69 Å². The second kappa shape index (κ2) is 6.03. The molecule has 0 amide bonds. The molecule has 1 aliphatic heterocycles. The number of ether oxygens (including phenoxy) is 1. The summed E-state index contributed by atoms with van der Waals surface area (Å²) >= 11 is 0. The lowest BCUT2D eigenvalue weighted by Crippen LogP contribution is -2.37. The van der Waals surface area contributed by atoms with Crippen LogP contribution in [0.1, 0.15) is 25.3 Å². The fourth-order valence-corrected chi connectivity index (χ4v) is 2.45. The van der Waals surface area contributed by atoms with E-state index in [-0.39, 0.29) is 6.61 Å². The van der Waals surface area contributed by atoms with Crippen molar-refractivity contribution in [3.63, 3.8) is 0 Å². The fourth-order valence-electron chi connectivity index (χ4n) is 2.45. The molecule has 1 aliphatic rings. The third-order valence-corrected chi connectivity index (χ3v) is 3.35. The lowest BCUT2D eigenvalue weighted by atomic mass is 10.1. The first-order chi connectivity index (χ1) is 8.35.